The zero-order valence-electron chi connectivity index (χ0n) is 20.7. The van der Waals surface area contributed by atoms with Gasteiger partial charge in [-0.3, -0.25) is 4.79 Å². The fraction of sp³-hybridized carbons (Fsp3) is 0.625. The fourth-order valence-electron chi connectivity index (χ4n) is 3.51. The molecule has 1 aromatic carbocycles. The fourth-order valence-corrected chi connectivity index (χ4v) is 5.34. The van der Waals surface area contributed by atoms with Crippen LogP contribution < -0.4 is 4.74 Å². The number of likely N-dealkylation sites (N-methyl/N-ethyl adjacent to an activating group) is 2. The van der Waals surface area contributed by atoms with Crippen LogP contribution in [0.1, 0.15) is 33.3 Å². The number of hydrogen-bond donors (Lipinski definition) is 1. The molecular weight excluding hydrogens is 442 g/mol. The zero-order chi connectivity index (χ0) is 24.9. The molecule has 1 amide bonds. The molecule has 8 nitrogen and oxygen atoms in total. The van der Waals surface area contributed by atoms with Gasteiger partial charge in [0.25, 0.3) is 0 Å². The number of hydrogen-bond acceptors (Lipinski definition) is 6. The first-order chi connectivity index (χ1) is 15.4. The summed E-state index contributed by atoms with van der Waals surface area (Å²) in [6.45, 7) is 7.97. The number of ether oxygens (including phenoxy) is 1. The predicted molar refractivity (Wildman–Crippen MR) is 128 cm³/mol. The summed E-state index contributed by atoms with van der Waals surface area (Å²) < 4.78 is 34.6. The number of carbonyl (C=O) groups is 1. The van der Waals surface area contributed by atoms with Crippen LogP contribution in [0.4, 0.5) is 0 Å². The molecule has 0 bridgehead atoms. The normalized spacial score (nSPS) is 21.3. The van der Waals surface area contributed by atoms with Crippen LogP contribution in [0.25, 0.3) is 0 Å². The second kappa shape index (κ2) is 11.3. The van der Waals surface area contributed by atoms with Gasteiger partial charge in [-0.2, -0.15) is 4.31 Å². The highest BCUT2D eigenvalue weighted by atomic mass is 32.2. The Hall–Kier alpha value is -2.12. The topological polar surface area (TPSA) is 90.4 Å². The van der Waals surface area contributed by atoms with E-state index in [4.69, 9.17) is 4.74 Å². The highest BCUT2D eigenvalue weighted by Gasteiger charge is 2.38. The lowest BCUT2D eigenvalue weighted by atomic mass is 10.0. The van der Waals surface area contributed by atoms with Crippen molar-refractivity contribution >= 4 is 15.9 Å². The molecular formula is C24H37N3O5S. The number of fused-ring (bicyclic) bond motifs is 1. The molecule has 2 rings (SSSR count). The molecule has 0 saturated heterocycles. The predicted octanol–water partition coefficient (Wildman–Crippen LogP) is 1.48. The summed E-state index contributed by atoms with van der Waals surface area (Å²) in [5.41, 5.74) is 0.656. The second-order valence-corrected chi connectivity index (χ2v) is 11.2. The summed E-state index contributed by atoms with van der Waals surface area (Å²) in [4.78, 5) is 16.0. The number of carbonyl (C=O) groups excluding carboxylic acids is 1. The molecule has 0 unspecified atom stereocenters. The third-order valence-corrected chi connectivity index (χ3v) is 7.52. The average Bonchev–Trinajstić information content (AvgIpc) is 2.73. The van der Waals surface area contributed by atoms with Crippen LogP contribution in [0.15, 0.2) is 23.1 Å². The summed E-state index contributed by atoms with van der Waals surface area (Å²) >= 11 is 0. The van der Waals surface area contributed by atoms with Crippen LogP contribution in [0.3, 0.4) is 0 Å². The number of aliphatic hydroxyl groups is 1. The van der Waals surface area contributed by atoms with Gasteiger partial charge in [-0.05, 0) is 39.2 Å². The molecule has 184 valence electrons. The molecule has 1 aliphatic rings. The van der Waals surface area contributed by atoms with Crippen LogP contribution in [-0.4, -0.2) is 93.1 Å². The Kier molecular flexibility index (Phi) is 9.32. The van der Waals surface area contributed by atoms with E-state index in [0.717, 1.165) is 0 Å². The van der Waals surface area contributed by atoms with E-state index >= 15 is 0 Å². The molecule has 3 atom stereocenters. The molecule has 0 saturated carbocycles. The maximum absolute atomic E-state index is 13.5. The van der Waals surface area contributed by atoms with E-state index in [-0.39, 0.29) is 48.1 Å². The number of sulfonamides is 1. The molecule has 1 aromatic rings. The molecule has 33 heavy (non-hydrogen) atoms. The van der Waals surface area contributed by atoms with Crippen molar-refractivity contribution < 1.29 is 23.1 Å². The van der Waals surface area contributed by atoms with Crippen molar-refractivity contribution in [1.82, 2.24) is 14.1 Å². The summed E-state index contributed by atoms with van der Waals surface area (Å²) in [5.74, 6) is 6.24. The van der Waals surface area contributed by atoms with E-state index in [1.807, 2.05) is 34.9 Å². The van der Waals surface area contributed by atoms with Crippen LogP contribution in [-0.2, 0) is 14.8 Å². The third kappa shape index (κ3) is 6.93. The van der Waals surface area contributed by atoms with Crippen molar-refractivity contribution in [3.63, 3.8) is 0 Å². The van der Waals surface area contributed by atoms with Gasteiger partial charge in [0.15, 0.2) is 0 Å². The van der Waals surface area contributed by atoms with E-state index in [1.165, 1.54) is 10.4 Å². The largest absolute Gasteiger partial charge is 0.487 e. The Labute approximate surface area is 198 Å². The highest BCUT2D eigenvalue weighted by molar-refractivity contribution is 7.89. The van der Waals surface area contributed by atoms with E-state index in [2.05, 4.69) is 11.8 Å². The maximum atomic E-state index is 13.5. The zero-order valence-corrected chi connectivity index (χ0v) is 21.5. The number of rotatable bonds is 6. The number of nitrogens with zero attached hydrogens (tertiary/aromatic N) is 3. The molecule has 1 aliphatic heterocycles. The molecule has 0 aliphatic carbocycles. The summed E-state index contributed by atoms with van der Waals surface area (Å²) in [7, 11) is 1.47. The second-order valence-electron chi connectivity index (χ2n) is 9.34. The lowest BCUT2D eigenvalue weighted by molar-refractivity contribution is -0.132. The minimum absolute atomic E-state index is 0.0390. The van der Waals surface area contributed by atoms with E-state index in [9.17, 15) is 18.3 Å². The Morgan fingerprint density at radius 1 is 1.27 bits per heavy atom. The monoisotopic (exact) mass is 479 g/mol. The van der Waals surface area contributed by atoms with Gasteiger partial charge in [-0.25, -0.2) is 8.42 Å². The number of benzene rings is 1. The van der Waals surface area contributed by atoms with Crippen LogP contribution in [0.5, 0.6) is 5.75 Å². The Morgan fingerprint density at radius 3 is 2.52 bits per heavy atom. The van der Waals surface area contributed by atoms with Crippen molar-refractivity contribution in [2.45, 2.75) is 44.7 Å². The summed E-state index contributed by atoms with van der Waals surface area (Å²) in [6, 6.07) is 4.23. The maximum Gasteiger partial charge on any atom is 0.247 e. The van der Waals surface area contributed by atoms with Gasteiger partial charge in [0.05, 0.1) is 19.7 Å². The lowest BCUT2D eigenvalue weighted by Crippen LogP contribution is -2.50. The van der Waals surface area contributed by atoms with Gasteiger partial charge in [-0.1, -0.05) is 32.6 Å². The van der Waals surface area contributed by atoms with Gasteiger partial charge in [0, 0.05) is 37.0 Å². The Balaban J connectivity index is 2.53. The van der Waals surface area contributed by atoms with Crippen molar-refractivity contribution in [3.05, 3.63) is 23.8 Å². The van der Waals surface area contributed by atoms with Crippen molar-refractivity contribution in [2.75, 3.05) is 47.4 Å². The van der Waals surface area contributed by atoms with Crippen molar-refractivity contribution in [1.29, 1.82) is 0 Å². The molecule has 1 heterocycles. The molecule has 0 fully saturated rings. The SMILES string of the molecule is CC(C)C#Cc1ccc2c(c1)O[C@H](CN(C)C(=O)CN(C)C)[C@H](C)CN([C@H](C)CO)S2(=O)=O. The van der Waals surface area contributed by atoms with Crippen molar-refractivity contribution in [2.24, 2.45) is 11.8 Å². The average molecular weight is 480 g/mol. The summed E-state index contributed by atoms with van der Waals surface area (Å²) in [6.07, 6.45) is -0.447. The Bertz CT molecular complexity index is 997. The highest BCUT2D eigenvalue weighted by Crippen LogP contribution is 2.34. The summed E-state index contributed by atoms with van der Waals surface area (Å²) in [5, 5.41) is 9.74. The first kappa shape index (κ1) is 27.1. The third-order valence-electron chi connectivity index (χ3n) is 5.50. The van der Waals surface area contributed by atoms with Crippen LogP contribution in [0, 0.1) is 23.7 Å². The van der Waals surface area contributed by atoms with Gasteiger partial charge >= 0.3 is 0 Å². The smallest absolute Gasteiger partial charge is 0.247 e. The molecule has 9 heteroatoms. The minimum Gasteiger partial charge on any atom is -0.487 e. The molecule has 1 N–H and O–H groups in total. The van der Waals surface area contributed by atoms with Crippen molar-refractivity contribution in [3.8, 4) is 17.6 Å². The van der Waals surface area contributed by atoms with E-state index in [0.29, 0.717) is 12.1 Å². The molecule has 0 spiro atoms. The lowest BCUT2D eigenvalue weighted by Gasteiger charge is -2.37. The first-order valence-corrected chi connectivity index (χ1v) is 12.6. The number of aliphatic hydroxyl groups excluding tert-OH is 1. The van der Waals surface area contributed by atoms with Gasteiger partial charge in [0.2, 0.25) is 15.9 Å². The van der Waals surface area contributed by atoms with Gasteiger partial charge < -0.3 is 19.6 Å². The quantitative estimate of drug-likeness (QED) is 0.622. The minimum atomic E-state index is -3.91. The molecule has 0 radical (unpaired) electrons. The van der Waals surface area contributed by atoms with E-state index < -0.39 is 22.2 Å². The van der Waals surface area contributed by atoms with Crippen LogP contribution in [0.2, 0.25) is 0 Å². The molecule has 0 aromatic heterocycles. The van der Waals surface area contributed by atoms with Gasteiger partial charge in [-0.15, -0.1) is 0 Å². The Morgan fingerprint density at radius 2 is 1.94 bits per heavy atom. The number of amides is 1. The van der Waals surface area contributed by atoms with Gasteiger partial charge in [0.1, 0.15) is 16.7 Å². The van der Waals surface area contributed by atoms with Crippen LogP contribution >= 0.6 is 0 Å². The first-order valence-electron chi connectivity index (χ1n) is 11.2. The van der Waals surface area contributed by atoms with E-state index in [1.54, 1.807) is 35.9 Å². The standard InChI is InChI=1S/C24H37N3O5S/c1-17(2)8-9-20-10-11-23-21(12-20)32-22(14-26(7)24(29)15-25(5)6)18(3)13-27(19(4)16-28)33(23,30)31/h10-12,17-19,22,28H,13-16H2,1-7H3/t18-,19-,22-/m1/s1.